The van der Waals surface area contributed by atoms with Crippen LogP contribution in [0.3, 0.4) is 0 Å². The normalized spacial score (nSPS) is 15.6. The maximum Gasteiger partial charge on any atom is 0.293 e. The summed E-state index contributed by atoms with van der Waals surface area (Å²) in [6, 6.07) is 2.65. The number of hydrogen-bond donors (Lipinski definition) is 3. The molecule has 0 bridgehead atoms. The predicted molar refractivity (Wildman–Crippen MR) is 116 cm³/mol. The average Bonchev–Trinajstić information content (AvgIpc) is 3.16. The van der Waals surface area contributed by atoms with Gasteiger partial charge >= 0.3 is 0 Å². The van der Waals surface area contributed by atoms with Crippen molar-refractivity contribution in [3.63, 3.8) is 0 Å². The lowest BCUT2D eigenvalue weighted by Gasteiger charge is -2.14. The first kappa shape index (κ1) is 21.9. The molecule has 3 heterocycles. The van der Waals surface area contributed by atoms with E-state index >= 15 is 0 Å². The number of aryl methyl sites for hydroxylation is 1. The quantitative estimate of drug-likeness (QED) is 0.379. The molecule has 3 aromatic rings. The highest BCUT2D eigenvalue weighted by Gasteiger charge is 2.49. The number of carbonyl (C=O) groups excluding carboxylic acids is 3. The van der Waals surface area contributed by atoms with E-state index in [0.29, 0.717) is 49.2 Å². The van der Waals surface area contributed by atoms with Crippen molar-refractivity contribution in [2.45, 2.75) is 51.6 Å². The van der Waals surface area contributed by atoms with Crippen molar-refractivity contribution in [2.24, 2.45) is 0 Å². The van der Waals surface area contributed by atoms with Crippen molar-refractivity contribution in [2.75, 3.05) is 5.32 Å². The van der Waals surface area contributed by atoms with Crippen LogP contribution in [0, 0.1) is 25.5 Å². The number of benzene rings is 1. The van der Waals surface area contributed by atoms with Gasteiger partial charge in [0.1, 0.15) is 11.4 Å². The van der Waals surface area contributed by atoms with Gasteiger partial charge in [-0.1, -0.05) is 11.3 Å². The van der Waals surface area contributed by atoms with Crippen LogP contribution in [-0.4, -0.2) is 37.6 Å². The van der Waals surface area contributed by atoms with Crippen LogP contribution < -0.4 is 10.6 Å². The Morgan fingerprint density at radius 2 is 1.91 bits per heavy atom. The third-order valence-electron chi connectivity index (χ3n) is 6.59. The lowest BCUT2D eigenvalue weighted by molar-refractivity contribution is -0.118. The topological polar surface area (TPSA) is 122 Å². The summed E-state index contributed by atoms with van der Waals surface area (Å²) in [5, 5.41) is 15.4. The lowest BCUT2D eigenvalue weighted by Crippen LogP contribution is -2.40. The Hall–Kier alpha value is -3.89. The van der Waals surface area contributed by atoms with E-state index in [2.05, 4.69) is 26.0 Å². The number of anilines is 1. The van der Waals surface area contributed by atoms with Gasteiger partial charge < -0.3 is 15.2 Å². The number of aromatic nitrogens is 4. The Kier molecular flexibility index (Phi) is 5.07. The van der Waals surface area contributed by atoms with E-state index in [9.17, 15) is 23.2 Å². The molecule has 9 nitrogen and oxygen atoms in total. The Morgan fingerprint density at radius 3 is 2.59 bits per heavy atom. The molecule has 0 unspecified atom stereocenters. The fourth-order valence-electron chi connectivity index (χ4n) is 4.63. The number of ketones is 1. The molecule has 1 saturated carbocycles. The van der Waals surface area contributed by atoms with Crippen molar-refractivity contribution in [1.29, 1.82) is 0 Å². The molecule has 34 heavy (non-hydrogen) atoms. The molecule has 0 atom stereocenters. The van der Waals surface area contributed by atoms with E-state index in [1.54, 1.807) is 17.7 Å². The number of H-pyrrole nitrogens is 1. The van der Waals surface area contributed by atoms with Gasteiger partial charge in [0.15, 0.2) is 11.6 Å². The molecule has 1 aromatic carbocycles. The molecule has 5 rings (SSSR count). The summed E-state index contributed by atoms with van der Waals surface area (Å²) in [6.07, 6.45) is 4.06. The minimum absolute atomic E-state index is 0.119. The molecule has 0 spiro atoms. The SMILES string of the molecule is Cc1ccc(NC(=O)c2c(C)c(C(=O)C(=O)NC3(c4c[nH]nn4)CC3)c3n2CCC3)c(F)c1F. The zero-order chi connectivity index (χ0) is 24.2. The minimum Gasteiger partial charge on any atom is -0.340 e. The first-order valence-corrected chi connectivity index (χ1v) is 10.9. The van der Waals surface area contributed by atoms with E-state index in [1.807, 2.05) is 0 Å². The largest absolute Gasteiger partial charge is 0.340 e. The van der Waals surface area contributed by atoms with Gasteiger partial charge in [0.2, 0.25) is 0 Å². The molecule has 2 aliphatic rings. The number of fused-ring (bicyclic) bond motifs is 1. The number of carbonyl (C=O) groups is 3. The van der Waals surface area contributed by atoms with Crippen molar-refractivity contribution >= 4 is 23.3 Å². The molecule has 3 N–H and O–H groups in total. The first-order chi connectivity index (χ1) is 16.2. The smallest absolute Gasteiger partial charge is 0.293 e. The Balaban J connectivity index is 1.44. The van der Waals surface area contributed by atoms with Crippen molar-refractivity contribution in [3.8, 4) is 0 Å². The summed E-state index contributed by atoms with van der Waals surface area (Å²) in [6.45, 7) is 3.48. The number of Topliss-reactive ketones (excluding diaryl/α,β-unsaturated/α-hetero) is 1. The summed E-state index contributed by atoms with van der Waals surface area (Å²) in [4.78, 5) is 39.2. The van der Waals surface area contributed by atoms with Gasteiger partial charge in [-0.25, -0.2) is 8.78 Å². The van der Waals surface area contributed by atoms with Crippen molar-refractivity contribution in [3.05, 3.63) is 63.7 Å². The van der Waals surface area contributed by atoms with Crippen molar-refractivity contribution < 1.29 is 23.2 Å². The lowest BCUT2D eigenvalue weighted by atomic mass is 10.0. The van der Waals surface area contributed by atoms with Crippen molar-refractivity contribution in [1.82, 2.24) is 25.3 Å². The third-order valence-corrected chi connectivity index (χ3v) is 6.59. The number of halogens is 2. The number of amides is 2. The van der Waals surface area contributed by atoms with Gasteiger partial charge in [0, 0.05) is 18.4 Å². The Bertz CT molecular complexity index is 1340. The van der Waals surface area contributed by atoms with Crippen LogP contribution in [-0.2, 0) is 23.3 Å². The van der Waals surface area contributed by atoms with Crippen LogP contribution in [0.5, 0.6) is 0 Å². The molecule has 2 amide bonds. The summed E-state index contributed by atoms with van der Waals surface area (Å²) < 4.78 is 29.9. The second kappa shape index (κ2) is 7.86. The molecule has 11 heteroatoms. The summed E-state index contributed by atoms with van der Waals surface area (Å²) in [5.41, 5.74) is 0.900. The second-order valence-electron chi connectivity index (χ2n) is 8.79. The fraction of sp³-hybridized carbons (Fsp3) is 0.348. The van der Waals surface area contributed by atoms with Crippen LogP contribution >= 0.6 is 0 Å². The maximum absolute atomic E-state index is 14.3. The Labute approximate surface area is 192 Å². The Morgan fingerprint density at radius 1 is 1.15 bits per heavy atom. The van der Waals surface area contributed by atoms with Crippen LogP contribution in [0.15, 0.2) is 18.3 Å². The highest BCUT2D eigenvalue weighted by Crippen LogP contribution is 2.44. The third kappa shape index (κ3) is 3.39. The minimum atomic E-state index is -1.16. The summed E-state index contributed by atoms with van der Waals surface area (Å²) >= 11 is 0. The number of aromatic amines is 1. The number of nitrogens with zero attached hydrogens (tertiary/aromatic N) is 3. The van der Waals surface area contributed by atoms with Crippen LogP contribution in [0.25, 0.3) is 0 Å². The standard InChI is InChI=1S/C23H22F2N6O3/c1-11-5-6-13(18(25)17(11)24)27-21(33)19-12(2)16(14-4-3-9-31(14)19)20(32)22(34)28-23(7-8-23)15-10-26-30-29-15/h5-6,10H,3-4,7-9H2,1-2H3,(H,27,33)(H,28,34)(H,26,29,30). The number of hydrogen-bond acceptors (Lipinski definition) is 5. The molecular formula is C23H22F2N6O3. The van der Waals surface area contributed by atoms with Gasteiger partial charge in [-0.15, -0.1) is 5.10 Å². The fourth-order valence-corrected chi connectivity index (χ4v) is 4.63. The zero-order valence-electron chi connectivity index (χ0n) is 18.6. The number of rotatable bonds is 6. The van der Waals surface area contributed by atoms with Gasteiger partial charge in [-0.2, -0.15) is 0 Å². The molecular weight excluding hydrogens is 446 g/mol. The summed E-state index contributed by atoms with van der Waals surface area (Å²) in [7, 11) is 0. The van der Waals surface area contributed by atoms with Gasteiger partial charge in [-0.3, -0.25) is 19.5 Å². The number of nitrogens with one attached hydrogen (secondary N) is 3. The van der Waals surface area contributed by atoms with E-state index in [0.717, 1.165) is 0 Å². The maximum atomic E-state index is 14.3. The highest BCUT2D eigenvalue weighted by molar-refractivity contribution is 6.44. The van der Waals surface area contributed by atoms with Crippen LogP contribution in [0.2, 0.25) is 0 Å². The monoisotopic (exact) mass is 468 g/mol. The van der Waals surface area contributed by atoms with E-state index in [-0.39, 0.29) is 22.5 Å². The van der Waals surface area contributed by atoms with Gasteiger partial charge in [0.25, 0.3) is 17.6 Å². The predicted octanol–water partition coefficient (Wildman–Crippen LogP) is 2.69. The van der Waals surface area contributed by atoms with Crippen LogP contribution in [0.4, 0.5) is 14.5 Å². The van der Waals surface area contributed by atoms with Gasteiger partial charge in [-0.05, 0) is 56.7 Å². The first-order valence-electron chi connectivity index (χ1n) is 10.9. The average molecular weight is 468 g/mol. The van der Waals surface area contributed by atoms with Crippen LogP contribution in [0.1, 0.15) is 62.6 Å². The molecule has 1 aliphatic carbocycles. The highest BCUT2D eigenvalue weighted by atomic mass is 19.2. The van der Waals surface area contributed by atoms with Gasteiger partial charge in [0.05, 0.1) is 16.8 Å². The molecule has 0 saturated heterocycles. The molecule has 1 aliphatic heterocycles. The van der Waals surface area contributed by atoms with E-state index in [4.69, 9.17) is 0 Å². The van der Waals surface area contributed by atoms with E-state index < -0.39 is 34.8 Å². The molecule has 2 aromatic heterocycles. The molecule has 0 radical (unpaired) electrons. The van der Waals surface area contributed by atoms with E-state index in [1.165, 1.54) is 19.1 Å². The zero-order valence-corrected chi connectivity index (χ0v) is 18.6. The second-order valence-corrected chi connectivity index (χ2v) is 8.79. The molecule has 1 fully saturated rings. The summed E-state index contributed by atoms with van der Waals surface area (Å²) in [5.74, 6) is -4.41. The molecule has 176 valence electrons.